The lowest BCUT2D eigenvalue weighted by Crippen LogP contribution is -2.00. The van der Waals surface area contributed by atoms with Crippen molar-refractivity contribution in [3.05, 3.63) is 60.1 Å². The van der Waals surface area contributed by atoms with Crippen molar-refractivity contribution in [3.63, 3.8) is 0 Å². The molecule has 0 unspecified atom stereocenters. The van der Waals surface area contributed by atoms with Crippen LogP contribution in [0.1, 0.15) is 11.3 Å². The van der Waals surface area contributed by atoms with E-state index >= 15 is 0 Å². The van der Waals surface area contributed by atoms with E-state index in [0.29, 0.717) is 17.9 Å². The molecule has 4 aromatic rings. The van der Waals surface area contributed by atoms with Crippen LogP contribution in [0.2, 0.25) is 0 Å². The Morgan fingerprint density at radius 3 is 2.83 bits per heavy atom. The molecule has 0 amide bonds. The number of hydrogen-bond acceptors (Lipinski definition) is 5. The predicted molar refractivity (Wildman–Crippen MR) is 87.4 cm³/mol. The van der Waals surface area contributed by atoms with Crippen molar-refractivity contribution in [2.75, 3.05) is 5.32 Å². The summed E-state index contributed by atoms with van der Waals surface area (Å²) in [4.78, 5) is 8.45. The van der Waals surface area contributed by atoms with Gasteiger partial charge in [0.2, 0.25) is 0 Å². The molecule has 120 valence electrons. The highest BCUT2D eigenvalue weighted by atomic mass is 19.1. The minimum Gasteiger partial charge on any atom is -0.336 e. The molecule has 0 fully saturated rings. The smallest absolute Gasteiger partial charge is 0.162 e. The highest BCUT2D eigenvalue weighted by molar-refractivity contribution is 5.88. The maximum absolute atomic E-state index is 12.9. The average Bonchev–Trinajstić information content (AvgIpc) is 3.18. The van der Waals surface area contributed by atoms with Gasteiger partial charge in [0.15, 0.2) is 11.3 Å². The Morgan fingerprint density at radius 1 is 1.17 bits per heavy atom. The van der Waals surface area contributed by atoms with Crippen molar-refractivity contribution in [1.82, 2.24) is 29.9 Å². The summed E-state index contributed by atoms with van der Waals surface area (Å²) in [5.41, 5.74) is 4.12. The van der Waals surface area contributed by atoms with Gasteiger partial charge >= 0.3 is 0 Å². The first-order chi connectivity index (χ1) is 11.7. The Bertz CT molecular complexity index is 987. The van der Waals surface area contributed by atoms with E-state index in [-0.39, 0.29) is 5.82 Å². The third-order valence-corrected chi connectivity index (χ3v) is 3.67. The van der Waals surface area contributed by atoms with Gasteiger partial charge in [-0.25, -0.2) is 14.4 Å². The number of nitrogens with one attached hydrogen (secondary N) is 2. The molecule has 0 atom stereocenters. The number of benzene rings is 1. The molecule has 0 radical (unpaired) electrons. The fraction of sp³-hybridized carbons (Fsp3) is 0.125. The fourth-order valence-corrected chi connectivity index (χ4v) is 2.47. The molecule has 0 bridgehead atoms. The number of aromatic nitrogens is 6. The SMILES string of the molecule is Cc1[nH]nc2c(Nc3cnn(Cc4ccc(F)cc4)c3)ncnc12. The van der Waals surface area contributed by atoms with Gasteiger partial charge in [0.1, 0.15) is 17.7 Å². The number of fused-ring (bicyclic) bond motifs is 1. The fourth-order valence-electron chi connectivity index (χ4n) is 2.47. The van der Waals surface area contributed by atoms with E-state index in [9.17, 15) is 4.39 Å². The zero-order valence-corrected chi connectivity index (χ0v) is 12.9. The van der Waals surface area contributed by atoms with Gasteiger partial charge in [-0.2, -0.15) is 10.2 Å². The lowest BCUT2D eigenvalue weighted by Gasteiger charge is -2.03. The lowest BCUT2D eigenvalue weighted by molar-refractivity contribution is 0.624. The van der Waals surface area contributed by atoms with E-state index < -0.39 is 0 Å². The van der Waals surface area contributed by atoms with Crippen molar-refractivity contribution in [2.45, 2.75) is 13.5 Å². The molecule has 3 aromatic heterocycles. The van der Waals surface area contributed by atoms with Crippen LogP contribution < -0.4 is 5.32 Å². The monoisotopic (exact) mass is 323 g/mol. The van der Waals surface area contributed by atoms with Crippen LogP contribution >= 0.6 is 0 Å². The lowest BCUT2D eigenvalue weighted by atomic mass is 10.2. The Kier molecular flexibility index (Phi) is 3.42. The summed E-state index contributed by atoms with van der Waals surface area (Å²) in [6, 6.07) is 6.36. The van der Waals surface area contributed by atoms with E-state index in [2.05, 4.69) is 30.6 Å². The van der Waals surface area contributed by atoms with Gasteiger partial charge in [0.05, 0.1) is 24.1 Å². The zero-order valence-electron chi connectivity index (χ0n) is 12.9. The second kappa shape index (κ2) is 5.73. The number of rotatable bonds is 4. The third-order valence-electron chi connectivity index (χ3n) is 3.67. The molecule has 0 saturated heterocycles. The van der Waals surface area contributed by atoms with Crippen molar-refractivity contribution < 1.29 is 4.39 Å². The summed E-state index contributed by atoms with van der Waals surface area (Å²) in [6.45, 7) is 2.47. The number of aryl methyl sites for hydroxylation is 1. The number of nitrogens with zero attached hydrogens (tertiary/aromatic N) is 5. The van der Waals surface area contributed by atoms with E-state index in [0.717, 1.165) is 22.5 Å². The molecule has 24 heavy (non-hydrogen) atoms. The molecule has 0 spiro atoms. The van der Waals surface area contributed by atoms with Crippen molar-refractivity contribution in [3.8, 4) is 0 Å². The standard InChI is InChI=1S/C16H14FN7/c1-10-14-15(23-22-10)16(19-9-18-14)21-13-6-20-24(8-13)7-11-2-4-12(17)5-3-11/h2-6,8-9H,7H2,1H3,(H,22,23)(H,18,19,21). The molecule has 8 heteroatoms. The van der Waals surface area contributed by atoms with Gasteiger partial charge in [-0.1, -0.05) is 12.1 Å². The predicted octanol–water partition coefficient (Wildman–Crippen LogP) is 2.79. The highest BCUT2D eigenvalue weighted by Crippen LogP contribution is 2.22. The van der Waals surface area contributed by atoms with Gasteiger partial charge in [-0.15, -0.1) is 0 Å². The second-order valence-corrected chi connectivity index (χ2v) is 5.45. The molecule has 0 aliphatic rings. The van der Waals surface area contributed by atoms with Crippen molar-refractivity contribution in [1.29, 1.82) is 0 Å². The largest absolute Gasteiger partial charge is 0.336 e. The zero-order chi connectivity index (χ0) is 16.5. The Hall–Kier alpha value is -3.29. The Morgan fingerprint density at radius 2 is 2.00 bits per heavy atom. The Balaban J connectivity index is 1.55. The van der Waals surface area contributed by atoms with Gasteiger partial charge in [-0.3, -0.25) is 9.78 Å². The first kappa shape index (κ1) is 14.3. The van der Waals surface area contributed by atoms with Crippen LogP contribution in [0.25, 0.3) is 11.0 Å². The van der Waals surface area contributed by atoms with Gasteiger partial charge in [0.25, 0.3) is 0 Å². The van der Waals surface area contributed by atoms with Crippen LogP contribution in [0.3, 0.4) is 0 Å². The van der Waals surface area contributed by atoms with E-state index in [1.807, 2.05) is 13.1 Å². The number of hydrogen-bond donors (Lipinski definition) is 2. The van der Waals surface area contributed by atoms with Gasteiger partial charge in [0, 0.05) is 6.20 Å². The molecule has 2 N–H and O–H groups in total. The average molecular weight is 323 g/mol. The first-order valence-corrected chi connectivity index (χ1v) is 7.38. The maximum atomic E-state index is 12.9. The summed E-state index contributed by atoms with van der Waals surface area (Å²) >= 11 is 0. The third kappa shape index (κ3) is 2.69. The second-order valence-electron chi connectivity index (χ2n) is 5.45. The van der Waals surface area contributed by atoms with Crippen LogP contribution in [-0.2, 0) is 6.54 Å². The van der Waals surface area contributed by atoms with E-state index in [4.69, 9.17) is 0 Å². The molecular formula is C16H14FN7. The van der Waals surface area contributed by atoms with Crippen LogP contribution in [0, 0.1) is 12.7 Å². The maximum Gasteiger partial charge on any atom is 0.162 e. The summed E-state index contributed by atoms with van der Waals surface area (Å²) in [5.74, 6) is 0.370. The summed E-state index contributed by atoms with van der Waals surface area (Å²) in [7, 11) is 0. The van der Waals surface area contributed by atoms with E-state index in [1.54, 1.807) is 23.0 Å². The summed E-state index contributed by atoms with van der Waals surface area (Å²) < 4.78 is 14.7. The molecule has 0 aliphatic carbocycles. The van der Waals surface area contributed by atoms with Crippen LogP contribution in [0.4, 0.5) is 15.9 Å². The van der Waals surface area contributed by atoms with E-state index in [1.165, 1.54) is 18.5 Å². The van der Waals surface area contributed by atoms with Crippen LogP contribution in [-0.4, -0.2) is 29.9 Å². The van der Waals surface area contributed by atoms with Gasteiger partial charge < -0.3 is 5.32 Å². The first-order valence-electron chi connectivity index (χ1n) is 7.38. The minimum atomic E-state index is -0.247. The highest BCUT2D eigenvalue weighted by Gasteiger charge is 2.10. The van der Waals surface area contributed by atoms with Crippen molar-refractivity contribution in [2.24, 2.45) is 0 Å². The van der Waals surface area contributed by atoms with Crippen molar-refractivity contribution >= 4 is 22.5 Å². The normalized spacial score (nSPS) is 11.1. The number of H-pyrrole nitrogens is 1. The number of anilines is 2. The van der Waals surface area contributed by atoms with Gasteiger partial charge in [-0.05, 0) is 24.6 Å². The molecule has 7 nitrogen and oxygen atoms in total. The molecule has 4 rings (SSSR count). The molecule has 3 heterocycles. The van der Waals surface area contributed by atoms with Crippen LogP contribution in [0.15, 0.2) is 43.0 Å². The summed E-state index contributed by atoms with van der Waals surface area (Å²) in [6.07, 6.45) is 5.06. The Labute approximate surface area is 136 Å². The minimum absolute atomic E-state index is 0.247. The number of halogens is 1. The number of aromatic amines is 1. The molecular weight excluding hydrogens is 309 g/mol. The topological polar surface area (TPSA) is 84.3 Å². The molecule has 0 saturated carbocycles. The summed E-state index contributed by atoms with van der Waals surface area (Å²) in [5, 5.41) is 14.6. The quantitative estimate of drug-likeness (QED) is 0.603. The van der Waals surface area contributed by atoms with Crippen LogP contribution in [0.5, 0.6) is 0 Å². The molecule has 0 aliphatic heterocycles. The molecule has 1 aromatic carbocycles.